The SMILES string of the molecule is Cc1[nH]nc(C(F)(F)F)c1-c1nc2c3cnccc3nc3ncccc3c-2n1. The Hall–Kier alpha value is -3.69. The average Bonchev–Trinajstić information content (AvgIpc) is 3.23. The summed E-state index contributed by atoms with van der Waals surface area (Å²) in [6.07, 6.45) is 0.101. The third kappa shape index (κ3) is 2.38. The number of pyridine rings is 2. The zero-order valence-electron chi connectivity index (χ0n) is 14.3. The van der Waals surface area contributed by atoms with Gasteiger partial charge in [0, 0.05) is 35.1 Å². The molecule has 1 N–H and O–H groups in total. The molecule has 7 nitrogen and oxygen atoms in total. The minimum Gasteiger partial charge on any atom is -0.281 e. The second-order valence-corrected chi connectivity index (χ2v) is 6.19. The van der Waals surface area contributed by atoms with E-state index in [0.29, 0.717) is 33.3 Å². The van der Waals surface area contributed by atoms with Crippen LogP contribution in [0, 0.1) is 6.92 Å². The van der Waals surface area contributed by atoms with E-state index in [-0.39, 0.29) is 17.1 Å². The highest BCUT2D eigenvalue weighted by Gasteiger charge is 2.39. The lowest BCUT2D eigenvalue weighted by Gasteiger charge is -2.04. The van der Waals surface area contributed by atoms with E-state index in [4.69, 9.17) is 0 Å². The Kier molecular flexibility index (Phi) is 3.33. The van der Waals surface area contributed by atoms with Crippen LogP contribution >= 0.6 is 0 Å². The van der Waals surface area contributed by atoms with Gasteiger partial charge in [-0.15, -0.1) is 0 Å². The van der Waals surface area contributed by atoms with Crippen molar-refractivity contribution in [2.75, 3.05) is 0 Å². The molecule has 0 atom stereocenters. The van der Waals surface area contributed by atoms with E-state index in [1.807, 2.05) is 0 Å². The smallest absolute Gasteiger partial charge is 0.281 e. The van der Waals surface area contributed by atoms with Crippen LogP contribution in [0.1, 0.15) is 11.4 Å². The molecule has 0 aromatic carbocycles. The molecule has 3 aromatic rings. The maximum Gasteiger partial charge on any atom is 0.435 e. The predicted molar refractivity (Wildman–Crippen MR) is 94.4 cm³/mol. The van der Waals surface area contributed by atoms with Crippen LogP contribution in [-0.2, 0) is 6.18 Å². The van der Waals surface area contributed by atoms with E-state index in [1.165, 1.54) is 6.92 Å². The minimum absolute atomic E-state index is 0.0601. The van der Waals surface area contributed by atoms with Crippen LogP contribution < -0.4 is 0 Å². The van der Waals surface area contributed by atoms with Gasteiger partial charge in [-0.3, -0.25) is 10.1 Å². The summed E-state index contributed by atoms with van der Waals surface area (Å²) < 4.78 is 40.2. The number of fused-ring (bicyclic) bond motifs is 5. The fourth-order valence-electron chi connectivity index (χ4n) is 3.19. The molecule has 0 amide bonds. The van der Waals surface area contributed by atoms with Gasteiger partial charge in [-0.1, -0.05) is 0 Å². The molecule has 0 saturated heterocycles. The molecule has 2 aliphatic rings. The maximum absolute atomic E-state index is 13.4. The first-order chi connectivity index (χ1) is 13.4. The van der Waals surface area contributed by atoms with E-state index in [9.17, 15) is 13.2 Å². The van der Waals surface area contributed by atoms with Crippen molar-refractivity contribution < 1.29 is 13.2 Å². The summed E-state index contributed by atoms with van der Waals surface area (Å²) in [7, 11) is 0. The fourth-order valence-corrected chi connectivity index (χ4v) is 3.19. The van der Waals surface area contributed by atoms with Crippen LogP contribution in [0.25, 0.3) is 44.7 Å². The number of hydrogen-bond acceptors (Lipinski definition) is 6. The van der Waals surface area contributed by atoms with Gasteiger partial charge in [0.2, 0.25) is 0 Å². The fraction of sp³-hybridized carbons (Fsp3) is 0.111. The molecule has 0 saturated carbocycles. The second kappa shape index (κ2) is 5.65. The number of halogens is 3. The number of hydrogen-bond donors (Lipinski definition) is 1. The minimum atomic E-state index is -4.63. The van der Waals surface area contributed by atoms with E-state index in [2.05, 4.69) is 35.1 Å². The number of alkyl halides is 3. The third-order valence-electron chi connectivity index (χ3n) is 4.42. The molecule has 0 radical (unpaired) electrons. The van der Waals surface area contributed by atoms with Crippen molar-refractivity contribution in [1.82, 2.24) is 35.1 Å². The van der Waals surface area contributed by atoms with Crippen LogP contribution in [0.2, 0.25) is 0 Å². The molecule has 28 heavy (non-hydrogen) atoms. The Bertz CT molecular complexity index is 1260. The van der Waals surface area contributed by atoms with Gasteiger partial charge in [-0.05, 0) is 25.1 Å². The summed E-state index contributed by atoms with van der Waals surface area (Å²) in [5.41, 5.74) is 0.806. The zero-order chi connectivity index (χ0) is 19.5. The van der Waals surface area contributed by atoms with Gasteiger partial charge in [0.25, 0.3) is 0 Å². The number of aryl methyl sites for hydroxylation is 1. The molecule has 0 bridgehead atoms. The first kappa shape index (κ1) is 16.5. The lowest BCUT2D eigenvalue weighted by atomic mass is 10.1. The number of aromatic nitrogens is 7. The summed E-state index contributed by atoms with van der Waals surface area (Å²) in [4.78, 5) is 21.8. The van der Waals surface area contributed by atoms with Gasteiger partial charge in [0.15, 0.2) is 17.2 Å². The molecule has 5 rings (SSSR count). The van der Waals surface area contributed by atoms with Crippen molar-refractivity contribution in [3.05, 3.63) is 48.2 Å². The number of nitrogens with zero attached hydrogens (tertiary/aromatic N) is 6. The van der Waals surface area contributed by atoms with E-state index in [1.54, 1.807) is 36.8 Å². The Morgan fingerprint density at radius 1 is 0.964 bits per heavy atom. The number of aromatic amines is 1. The topological polar surface area (TPSA) is 93.1 Å². The third-order valence-corrected chi connectivity index (χ3v) is 4.42. The Balaban J connectivity index is 1.93. The van der Waals surface area contributed by atoms with E-state index < -0.39 is 11.9 Å². The number of imidazole rings is 1. The first-order valence-corrected chi connectivity index (χ1v) is 8.22. The first-order valence-electron chi connectivity index (χ1n) is 8.22. The summed E-state index contributed by atoms with van der Waals surface area (Å²) >= 11 is 0. The highest BCUT2D eigenvalue weighted by atomic mass is 19.4. The van der Waals surface area contributed by atoms with Crippen molar-refractivity contribution in [3.8, 4) is 22.8 Å². The van der Waals surface area contributed by atoms with Gasteiger partial charge in [-0.2, -0.15) is 18.3 Å². The summed E-state index contributed by atoms with van der Waals surface area (Å²) in [6.45, 7) is 1.50. The van der Waals surface area contributed by atoms with Gasteiger partial charge in [0.1, 0.15) is 11.4 Å². The number of rotatable bonds is 1. The molecule has 3 aromatic heterocycles. The summed E-state index contributed by atoms with van der Waals surface area (Å²) in [5, 5.41) is 6.94. The van der Waals surface area contributed by atoms with Crippen LogP contribution in [0.5, 0.6) is 0 Å². The maximum atomic E-state index is 13.4. The van der Waals surface area contributed by atoms with Gasteiger partial charge in [0.05, 0.1) is 11.1 Å². The molecule has 138 valence electrons. The average molecular weight is 381 g/mol. The Morgan fingerprint density at radius 3 is 2.54 bits per heavy atom. The standard InChI is InChI=1S/C18H10F3N7/c1-8-12(15(28-27-8)18(19,20)21)17-25-13-9-3-2-5-23-16(9)24-11-4-6-22-7-10(11)14(13)26-17/h2-7H,1H3,(H,27,28). The number of H-pyrrole nitrogens is 1. The second-order valence-electron chi connectivity index (χ2n) is 6.19. The molecule has 10 heteroatoms. The molecule has 0 unspecified atom stereocenters. The van der Waals surface area contributed by atoms with Gasteiger partial charge >= 0.3 is 6.18 Å². The van der Waals surface area contributed by atoms with E-state index >= 15 is 0 Å². The predicted octanol–water partition coefficient (Wildman–Crippen LogP) is 3.79. The van der Waals surface area contributed by atoms with Crippen LogP contribution in [0.15, 0.2) is 36.8 Å². The molecule has 5 heterocycles. The quantitative estimate of drug-likeness (QED) is 0.475. The van der Waals surface area contributed by atoms with Crippen LogP contribution in [-0.4, -0.2) is 35.1 Å². The molecule has 0 aliphatic carbocycles. The molecular weight excluding hydrogens is 371 g/mol. The Labute approximate surface area is 155 Å². The lowest BCUT2D eigenvalue weighted by molar-refractivity contribution is -0.140. The molecule has 0 fully saturated rings. The van der Waals surface area contributed by atoms with Crippen LogP contribution in [0.4, 0.5) is 13.2 Å². The van der Waals surface area contributed by atoms with Crippen molar-refractivity contribution >= 4 is 21.9 Å². The van der Waals surface area contributed by atoms with Crippen molar-refractivity contribution in [2.45, 2.75) is 13.1 Å². The normalized spacial score (nSPS) is 12.3. The zero-order valence-corrected chi connectivity index (χ0v) is 14.3. The highest BCUT2D eigenvalue weighted by Crippen LogP contribution is 2.39. The van der Waals surface area contributed by atoms with Crippen molar-refractivity contribution in [1.29, 1.82) is 0 Å². The van der Waals surface area contributed by atoms with Crippen LogP contribution in [0.3, 0.4) is 0 Å². The monoisotopic (exact) mass is 381 g/mol. The molecule has 0 spiro atoms. The molecular formula is C18H10F3N7. The summed E-state index contributed by atoms with van der Waals surface area (Å²) in [5.74, 6) is -0.0601. The van der Waals surface area contributed by atoms with Gasteiger partial charge < -0.3 is 0 Å². The van der Waals surface area contributed by atoms with Gasteiger partial charge in [-0.25, -0.2) is 19.9 Å². The van der Waals surface area contributed by atoms with E-state index in [0.717, 1.165) is 0 Å². The van der Waals surface area contributed by atoms with Crippen molar-refractivity contribution in [2.24, 2.45) is 0 Å². The summed E-state index contributed by atoms with van der Waals surface area (Å²) in [6, 6.07) is 5.17. The molecule has 2 aliphatic heterocycles. The lowest BCUT2D eigenvalue weighted by Crippen LogP contribution is -2.07. The number of nitrogens with one attached hydrogen (secondary N) is 1. The van der Waals surface area contributed by atoms with Crippen molar-refractivity contribution in [3.63, 3.8) is 0 Å². The largest absolute Gasteiger partial charge is 0.435 e. The highest BCUT2D eigenvalue weighted by molar-refractivity contribution is 6.02. The Morgan fingerprint density at radius 2 is 1.75 bits per heavy atom.